The molecular formula is C64H60Cl2F8N14O6. The normalized spacial score (nSPS) is 13.9. The quantitative estimate of drug-likeness (QED) is 0.0534. The molecule has 2 aliphatic rings. The van der Waals surface area contributed by atoms with Crippen molar-refractivity contribution in [1.29, 1.82) is 0 Å². The van der Waals surface area contributed by atoms with Gasteiger partial charge in [0.2, 0.25) is 0 Å². The Labute approximate surface area is 542 Å². The lowest BCUT2D eigenvalue weighted by atomic mass is 9.77. The summed E-state index contributed by atoms with van der Waals surface area (Å²) in [5.41, 5.74) is 7.16. The van der Waals surface area contributed by atoms with Crippen molar-refractivity contribution < 1.29 is 63.8 Å². The van der Waals surface area contributed by atoms with Gasteiger partial charge in [-0.05, 0) is 89.9 Å². The minimum absolute atomic E-state index is 0. The van der Waals surface area contributed by atoms with Crippen LogP contribution in [-0.2, 0) is 67.5 Å². The Morgan fingerprint density at radius 3 is 1.62 bits per heavy atom. The second-order valence-corrected chi connectivity index (χ2v) is 21.6. The van der Waals surface area contributed by atoms with E-state index >= 15 is 0 Å². The van der Waals surface area contributed by atoms with E-state index in [0.717, 1.165) is 51.1 Å². The number of halogens is 10. The van der Waals surface area contributed by atoms with E-state index in [-0.39, 0.29) is 96.8 Å². The molecule has 0 spiro atoms. The van der Waals surface area contributed by atoms with Gasteiger partial charge in [-0.2, -0.15) is 56.7 Å². The molecule has 5 aromatic heterocycles. The third kappa shape index (κ3) is 14.7. The molecular weight excluding hydrogens is 1280 g/mol. The molecule has 0 aliphatic heterocycles. The van der Waals surface area contributed by atoms with Crippen molar-refractivity contribution in [1.82, 2.24) is 54.4 Å². The smallest absolute Gasteiger partial charge is 0.431 e. The Kier molecular flexibility index (Phi) is 21.6. The molecule has 94 heavy (non-hydrogen) atoms. The van der Waals surface area contributed by atoms with Crippen LogP contribution in [0.4, 0.5) is 56.1 Å². The number of aromatic nitrogens is 10. The Balaban J connectivity index is 0.000000181. The van der Waals surface area contributed by atoms with Gasteiger partial charge in [0.25, 0.3) is 11.8 Å². The molecule has 20 nitrogen and oxygen atoms in total. The number of carbonyl (C=O) groups is 4. The molecule has 12 rings (SSSR count). The van der Waals surface area contributed by atoms with Crippen LogP contribution in [0.1, 0.15) is 122 Å². The number of nitrogens with zero attached hydrogens (tertiary/aromatic N) is 9. The zero-order chi connectivity index (χ0) is 65.6. The number of alkyl carbamates (subject to hydrolysis) is 1. The first-order valence-corrected chi connectivity index (χ1v) is 28.6. The third-order valence-electron chi connectivity index (χ3n) is 15.1. The predicted molar refractivity (Wildman–Crippen MR) is 331 cm³/mol. The molecule has 0 bridgehead atoms. The highest BCUT2D eigenvalue weighted by atomic mass is 35.5. The maximum absolute atomic E-state index is 14.0. The van der Waals surface area contributed by atoms with E-state index in [1.54, 1.807) is 11.0 Å². The van der Waals surface area contributed by atoms with E-state index in [1.807, 2.05) is 54.6 Å². The van der Waals surface area contributed by atoms with Crippen LogP contribution in [0.2, 0.25) is 10.0 Å². The number of amides is 3. The molecule has 5 heterocycles. The van der Waals surface area contributed by atoms with Crippen LogP contribution in [0.25, 0.3) is 0 Å². The van der Waals surface area contributed by atoms with E-state index in [9.17, 15) is 54.3 Å². The van der Waals surface area contributed by atoms with Gasteiger partial charge in [0.15, 0.2) is 5.54 Å². The van der Waals surface area contributed by atoms with Gasteiger partial charge in [0.1, 0.15) is 65.3 Å². The van der Waals surface area contributed by atoms with Crippen LogP contribution in [0, 0.1) is 11.6 Å². The number of imidazole rings is 1. The molecule has 0 saturated heterocycles. The maximum Gasteiger partial charge on any atom is 0.431 e. The molecule has 30 heteroatoms. The topological polar surface area (TPSA) is 249 Å². The number of carbonyl (C=O) groups excluding carboxylic acids is 4. The fourth-order valence-corrected chi connectivity index (χ4v) is 11.6. The van der Waals surface area contributed by atoms with Gasteiger partial charge in [-0.15, -0.1) is 0 Å². The average molecular weight is 1340 g/mol. The molecule has 10 aromatic rings. The summed E-state index contributed by atoms with van der Waals surface area (Å²) in [7, 11) is 2.30. The standard InChI is InChI=1S/C26H21N5O2.C20H17ClF4N6O3.C16H14ClF4N3O.2CH4/c32-25(30-17-16-27-20-30)33-19-24-18-28-31(29-24)26(21-10-4-1-5-11-21,22-12-6-2-7-13-22)23-14-8-3-9-15-23;1-31-16(18(32)27-9-2-4-13(22)12(21)6-9)11-3-5-14(15(11)17(31)20(23,24)25)28-19(33)34-8-10-7-26-30-29-10;1-24-13(15(25)23-7-2-4-10(18)9(17)6-7)8-3-5-11(22)12(8)14(24)16(19,20)21;;/h1-18,20H,19H2;2,4,6-7,14H,3,5,8H2,1H3,(H,27,32)(H,28,33)(H,26,29,30);2,4,6,11H,3,5,22H2,1H3,(H,23,25);2*1H4. The Bertz CT molecular complexity index is 4180. The van der Waals surface area contributed by atoms with Crippen molar-refractivity contribution in [2.45, 2.75) is 83.7 Å². The van der Waals surface area contributed by atoms with Crippen molar-refractivity contribution in [2.75, 3.05) is 10.6 Å². The summed E-state index contributed by atoms with van der Waals surface area (Å²) < 4.78 is 122. The van der Waals surface area contributed by atoms with Crippen molar-refractivity contribution in [3.63, 3.8) is 0 Å². The fourth-order valence-electron chi connectivity index (χ4n) is 11.2. The summed E-state index contributed by atoms with van der Waals surface area (Å²) in [6.07, 6.45) is -2.61. The number of aromatic amines is 1. The zero-order valence-electron chi connectivity index (χ0n) is 48.2. The average Bonchev–Trinajstić information content (AvgIpc) is 1.54. The summed E-state index contributed by atoms with van der Waals surface area (Å²) in [5, 5.41) is 25.9. The van der Waals surface area contributed by atoms with E-state index in [4.69, 9.17) is 43.5 Å². The van der Waals surface area contributed by atoms with Crippen molar-refractivity contribution >= 4 is 58.6 Å². The van der Waals surface area contributed by atoms with Crippen LogP contribution in [-0.4, -0.2) is 73.1 Å². The highest BCUT2D eigenvalue weighted by Gasteiger charge is 2.47. The summed E-state index contributed by atoms with van der Waals surface area (Å²) in [6, 6.07) is 35.6. The van der Waals surface area contributed by atoms with E-state index in [0.29, 0.717) is 23.4 Å². The van der Waals surface area contributed by atoms with Crippen molar-refractivity contribution in [3.05, 3.63) is 253 Å². The fraction of sp³-hybridized carbons (Fsp3) is 0.234. The molecule has 2 unspecified atom stereocenters. The lowest BCUT2D eigenvalue weighted by Gasteiger charge is -2.34. The van der Waals surface area contributed by atoms with Crippen LogP contribution in [0.5, 0.6) is 0 Å². The minimum Gasteiger partial charge on any atom is -0.443 e. The van der Waals surface area contributed by atoms with Gasteiger partial charge >= 0.3 is 24.5 Å². The van der Waals surface area contributed by atoms with Gasteiger partial charge < -0.3 is 40.3 Å². The van der Waals surface area contributed by atoms with Gasteiger partial charge in [-0.1, -0.05) is 129 Å². The number of hydrogen-bond donors (Lipinski definition) is 5. The lowest BCUT2D eigenvalue weighted by molar-refractivity contribution is -0.144. The van der Waals surface area contributed by atoms with Gasteiger partial charge in [-0.3, -0.25) is 9.59 Å². The first kappa shape index (κ1) is 69.7. The van der Waals surface area contributed by atoms with Crippen LogP contribution in [0.15, 0.2) is 159 Å². The number of anilines is 2. The van der Waals surface area contributed by atoms with Gasteiger partial charge in [-0.25, -0.2) is 27.9 Å². The molecule has 492 valence electrons. The first-order valence-electron chi connectivity index (χ1n) is 27.8. The van der Waals surface area contributed by atoms with Gasteiger partial charge in [0.05, 0.1) is 28.5 Å². The molecule has 3 amide bonds. The molecule has 2 atom stereocenters. The SMILES string of the molecule is C.C.Cn1c(C(=O)Nc2ccc(F)c(Cl)c2)c2c(c1C(F)(F)F)C(N)CC2.Cn1c(C(=O)Nc2ccc(F)c(Cl)c2)c2c(c1C(F)(F)F)C(NC(=O)OCc1cn[nH]n1)CC2.O=C(OCc1cnn(C(c2ccccc2)(c2ccccc2)c2ccccc2)n1)n1ccnc1. The number of hydrogen-bond acceptors (Lipinski definition) is 12. The Morgan fingerprint density at radius 2 is 1.15 bits per heavy atom. The molecule has 5 aromatic carbocycles. The van der Waals surface area contributed by atoms with E-state index in [1.165, 1.54) is 54.7 Å². The second kappa shape index (κ2) is 29.2. The first-order chi connectivity index (χ1) is 43.9. The molecule has 0 radical (unpaired) electrons. The largest absolute Gasteiger partial charge is 0.443 e. The number of benzene rings is 5. The van der Waals surface area contributed by atoms with E-state index in [2.05, 4.69) is 77.8 Å². The molecule has 6 N–H and O–H groups in total. The number of nitrogens with one attached hydrogen (secondary N) is 4. The highest BCUT2D eigenvalue weighted by molar-refractivity contribution is 6.31. The number of alkyl halides is 6. The van der Waals surface area contributed by atoms with Gasteiger partial charge in [0, 0.05) is 55.0 Å². The summed E-state index contributed by atoms with van der Waals surface area (Å²) in [4.78, 5) is 55.4. The maximum atomic E-state index is 14.0. The number of ether oxygens (including phenoxy) is 2. The minimum atomic E-state index is -4.80. The number of H-pyrrole nitrogens is 1. The van der Waals surface area contributed by atoms with E-state index < -0.39 is 77.0 Å². The highest BCUT2D eigenvalue weighted by Crippen LogP contribution is 2.47. The second-order valence-electron chi connectivity index (χ2n) is 20.8. The van der Waals surface area contributed by atoms with Crippen molar-refractivity contribution in [3.8, 4) is 0 Å². The Hall–Kier alpha value is -10.2. The zero-order valence-corrected chi connectivity index (χ0v) is 49.8. The Morgan fingerprint density at radius 1 is 0.660 bits per heavy atom. The number of rotatable bonds is 13. The molecule has 2 aliphatic carbocycles. The van der Waals surface area contributed by atoms with Crippen LogP contribution in [0.3, 0.4) is 0 Å². The third-order valence-corrected chi connectivity index (χ3v) is 15.7. The van der Waals surface area contributed by atoms with Crippen molar-refractivity contribution in [2.24, 2.45) is 19.8 Å². The molecule has 0 saturated carbocycles. The van der Waals surface area contributed by atoms with Crippen LogP contribution >= 0.6 is 23.2 Å². The monoisotopic (exact) mass is 1340 g/mol. The predicted octanol–water partition coefficient (Wildman–Crippen LogP) is 13.9. The summed E-state index contributed by atoms with van der Waals surface area (Å²) in [5.74, 6) is -2.93. The van der Waals surface area contributed by atoms with Crippen LogP contribution < -0.4 is 21.7 Å². The summed E-state index contributed by atoms with van der Waals surface area (Å²) >= 11 is 11.4. The number of nitrogens with two attached hydrogens (primary N) is 1. The summed E-state index contributed by atoms with van der Waals surface area (Å²) in [6.45, 7) is -0.234. The lowest BCUT2D eigenvalue weighted by Crippen LogP contribution is -2.39. The molecule has 0 fully saturated rings. The number of fused-ring (bicyclic) bond motifs is 2.